The predicted octanol–water partition coefficient (Wildman–Crippen LogP) is 3.19. The summed E-state index contributed by atoms with van der Waals surface area (Å²) in [6, 6.07) is 11.8. The molecule has 132 valence electrons. The van der Waals surface area contributed by atoms with E-state index in [0.717, 1.165) is 62.5 Å². The molecular weight excluding hydrogens is 314 g/mol. The second-order valence-electron chi connectivity index (χ2n) is 6.28. The van der Waals surface area contributed by atoms with Gasteiger partial charge in [-0.2, -0.15) is 0 Å². The SMILES string of the molecule is O=C(CCCCN1CCOCC1)Nc1ccc(-c2cccnc2)cc1. The minimum atomic E-state index is 0.0797. The van der Waals surface area contributed by atoms with Crippen molar-refractivity contribution in [1.29, 1.82) is 0 Å². The largest absolute Gasteiger partial charge is 0.379 e. The van der Waals surface area contributed by atoms with Gasteiger partial charge in [-0.25, -0.2) is 0 Å². The third kappa shape index (κ3) is 5.66. The van der Waals surface area contributed by atoms with Crippen LogP contribution in [-0.2, 0) is 9.53 Å². The first-order valence-electron chi connectivity index (χ1n) is 8.92. The van der Waals surface area contributed by atoms with Crippen LogP contribution in [0.3, 0.4) is 0 Å². The Bertz CT molecular complexity index is 652. The molecule has 25 heavy (non-hydrogen) atoms. The molecule has 5 nitrogen and oxygen atoms in total. The lowest BCUT2D eigenvalue weighted by Crippen LogP contribution is -2.36. The number of benzene rings is 1. The fraction of sp³-hybridized carbons (Fsp3) is 0.400. The van der Waals surface area contributed by atoms with Gasteiger partial charge in [0.15, 0.2) is 0 Å². The van der Waals surface area contributed by atoms with E-state index in [1.54, 1.807) is 6.20 Å². The van der Waals surface area contributed by atoms with Crippen molar-refractivity contribution in [1.82, 2.24) is 9.88 Å². The molecule has 0 saturated carbocycles. The van der Waals surface area contributed by atoms with Crippen molar-refractivity contribution in [3.05, 3.63) is 48.8 Å². The van der Waals surface area contributed by atoms with Gasteiger partial charge in [0.2, 0.25) is 5.91 Å². The van der Waals surface area contributed by atoms with Crippen LogP contribution in [-0.4, -0.2) is 48.6 Å². The van der Waals surface area contributed by atoms with Crippen molar-refractivity contribution in [2.24, 2.45) is 0 Å². The highest BCUT2D eigenvalue weighted by Gasteiger charge is 2.10. The van der Waals surface area contributed by atoms with Crippen LogP contribution in [0.5, 0.6) is 0 Å². The number of carbonyl (C=O) groups excluding carboxylic acids is 1. The monoisotopic (exact) mass is 339 g/mol. The number of aromatic nitrogens is 1. The number of amides is 1. The summed E-state index contributed by atoms with van der Waals surface area (Å²) < 4.78 is 5.34. The molecule has 1 aromatic heterocycles. The zero-order valence-corrected chi connectivity index (χ0v) is 14.5. The van der Waals surface area contributed by atoms with Gasteiger partial charge in [0.1, 0.15) is 0 Å². The number of nitrogens with one attached hydrogen (secondary N) is 1. The number of anilines is 1. The van der Waals surface area contributed by atoms with Gasteiger partial charge in [-0.05, 0) is 48.7 Å². The summed E-state index contributed by atoms with van der Waals surface area (Å²) in [6.45, 7) is 4.73. The maximum absolute atomic E-state index is 12.1. The van der Waals surface area contributed by atoms with Crippen molar-refractivity contribution >= 4 is 11.6 Å². The van der Waals surface area contributed by atoms with Crippen molar-refractivity contribution in [3.8, 4) is 11.1 Å². The van der Waals surface area contributed by atoms with E-state index >= 15 is 0 Å². The van der Waals surface area contributed by atoms with Gasteiger partial charge in [0.05, 0.1) is 13.2 Å². The first-order chi connectivity index (χ1) is 12.3. The highest BCUT2D eigenvalue weighted by atomic mass is 16.5. The minimum Gasteiger partial charge on any atom is -0.379 e. The van der Waals surface area contributed by atoms with E-state index in [9.17, 15) is 4.79 Å². The van der Waals surface area contributed by atoms with Crippen molar-refractivity contribution in [2.45, 2.75) is 19.3 Å². The molecule has 2 aromatic rings. The number of unbranched alkanes of at least 4 members (excludes halogenated alkanes) is 1. The number of rotatable bonds is 7. The number of hydrogen-bond donors (Lipinski definition) is 1. The van der Waals surface area contributed by atoms with Crippen LogP contribution in [0.2, 0.25) is 0 Å². The van der Waals surface area contributed by atoms with Crippen LogP contribution in [0.25, 0.3) is 11.1 Å². The Morgan fingerprint density at radius 3 is 2.60 bits per heavy atom. The number of nitrogens with zero attached hydrogens (tertiary/aromatic N) is 2. The molecule has 1 N–H and O–H groups in total. The summed E-state index contributed by atoms with van der Waals surface area (Å²) in [6.07, 6.45) is 6.12. The van der Waals surface area contributed by atoms with E-state index in [1.165, 1.54) is 0 Å². The lowest BCUT2D eigenvalue weighted by atomic mass is 10.1. The van der Waals surface area contributed by atoms with E-state index in [1.807, 2.05) is 42.6 Å². The minimum absolute atomic E-state index is 0.0797. The summed E-state index contributed by atoms with van der Waals surface area (Å²) in [5, 5.41) is 2.97. The van der Waals surface area contributed by atoms with Gasteiger partial charge < -0.3 is 10.1 Å². The van der Waals surface area contributed by atoms with E-state index in [2.05, 4.69) is 15.2 Å². The fourth-order valence-corrected chi connectivity index (χ4v) is 2.95. The van der Waals surface area contributed by atoms with Crippen molar-refractivity contribution in [3.63, 3.8) is 0 Å². The van der Waals surface area contributed by atoms with Gasteiger partial charge in [-0.3, -0.25) is 14.7 Å². The smallest absolute Gasteiger partial charge is 0.224 e. The molecule has 0 spiro atoms. The number of hydrogen-bond acceptors (Lipinski definition) is 4. The Labute approximate surface area is 149 Å². The molecule has 1 aliphatic rings. The van der Waals surface area contributed by atoms with Crippen LogP contribution in [0.15, 0.2) is 48.8 Å². The Kier molecular flexibility index (Phi) is 6.54. The van der Waals surface area contributed by atoms with Crippen LogP contribution in [0, 0.1) is 0 Å². The van der Waals surface area contributed by atoms with Gasteiger partial charge >= 0.3 is 0 Å². The first kappa shape index (κ1) is 17.6. The normalized spacial score (nSPS) is 15.0. The highest BCUT2D eigenvalue weighted by Crippen LogP contribution is 2.20. The summed E-state index contributed by atoms with van der Waals surface area (Å²) in [5.74, 6) is 0.0797. The van der Waals surface area contributed by atoms with Crippen LogP contribution in [0.1, 0.15) is 19.3 Å². The molecule has 1 saturated heterocycles. The molecule has 3 rings (SSSR count). The molecule has 1 amide bonds. The Morgan fingerprint density at radius 2 is 1.88 bits per heavy atom. The topological polar surface area (TPSA) is 54.5 Å². The molecule has 0 unspecified atom stereocenters. The van der Waals surface area contributed by atoms with Crippen molar-refractivity contribution < 1.29 is 9.53 Å². The second-order valence-corrected chi connectivity index (χ2v) is 6.28. The van der Waals surface area contributed by atoms with Crippen LogP contribution >= 0.6 is 0 Å². The van der Waals surface area contributed by atoms with E-state index in [0.29, 0.717) is 6.42 Å². The molecule has 1 fully saturated rings. The average Bonchev–Trinajstić information content (AvgIpc) is 2.67. The Hall–Kier alpha value is -2.24. The molecule has 0 bridgehead atoms. The predicted molar refractivity (Wildman–Crippen MR) is 99.4 cm³/mol. The van der Waals surface area contributed by atoms with E-state index < -0.39 is 0 Å². The van der Waals surface area contributed by atoms with Gasteiger partial charge in [0.25, 0.3) is 0 Å². The van der Waals surface area contributed by atoms with E-state index in [4.69, 9.17) is 4.74 Å². The quantitative estimate of drug-likeness (QED) is 0.787. The number of ether oxygens (including phenoxy) is 1. The summed E-state index contributed by atoms with van der Waals surface area (Å²) in [4.78, 5) is 18.6. The highest BCUT2D eigenvalue weighted by molar-refractivity contribution is 5.90. The molecule has 0 radical (unpaired) electrons. The standard InChI is InChI=1S/C20H25N3O2/c24-20(5-1-2-11-23-12-14-25-15-13-23)22-19-8-6-17(7-9-19)18-4-3-10-21-16-18/h3-4,6-10,16H,1-2,5,11-15H2,(H,22,24). The fourth-order valence-electron chi connectivity index (χ4n) is 2.95. The third-order valence-corrected chi connectivity index (χ3v) is 4.40. The van der Waals surface area contributed by atoms with Gasteiger partial charge in [0, 0.05) is 37.6 Å². The molecule has 5 heteroatoms. The Morgan fingerprint density at radius 1 is 1.08 bits per heavy atom. The number of carbonyl (C=O) groups is 1. The molecule has 0 atom stereocenters. The van der Waals surface area contributed by atoms with Crippen LogP contribution in [0.4, 0.5) is 5.69 Å². The molecule has 1 aliphatic heterocycles. The second kappa shape index (κ2) is 9.30. The molecular formula is C20H25N3O2. The lowest BCUT2D eigenvalue weighted by molar-refractivity contribution is -0.116. The van der Waals surface area contributed by atoms with E-state index in [-0.39, 0.29) is 5.91 Å². The number of pyridine rings is 1. The van der Waals surface area contributed by atoms with Gasteiger partial charge in [-0.15, -0.1) is 0 Å². The maximum Gasteiger partial charge on any atom is 0.224 e. The van der Waals surface area contributed by atoms with Crippen molar-refractivity contribution in [2.75, 3.05) is 38.2 Å². The zero-order chi connectivity index (χ0) is 17.3. The van der Waals surface area contributed by atoms with Crippen LogP contribution < -0.4 is 5.32 Å². The maximum atomic E-state index is 12.1. The Balaban J connectivity index is 1.39. The molecule has 0 aliphatic carbocycles. The zero-order valence-electron chi connectivity index (χ0n) is 14.5. The lowest BCUT2D eigenvalue weighted by Gasteiger charge is -2.26. The average molecular weight is 339 g/mol. The summed E-state index contributed by atoms with van der Waals surface area (Å²) in [5.41, 5.74) is 3.01. The van der Waals surface area contributed by atoms with Gasteiger partial charge in [-0.1, -0.05) is 18.2 Å². The molecule has 1 aromatic carbocycles. The molecule has 2 heterocycles. The first-order valence-corrected chi connectivity index (χ1v) is 8.92. The summed E-state index contributed by atoms with van der Waals surface area (Å²) in [7, 11) is 0. The third-order valence-electron chi connectivity index (χ3n) is 4.40. The number of morpholine rings is 1. The summed E-state index contributed by atoms with van der Waals surface area (Å²) >= 11 is 0.